The van der Waals surface area contributed by atoms with Crippen molar-refractivity contribution in [1.82, 2.24) is 0 Å². The Bertz CT molecular complexity index is 1440. The van der Waals surface area contributed by atoms with Crippen molar-refractivity contribution in [3.8, 4) is 22.6 Å². The number of benzene rings is 2. The highest BCUT2D eigenvalue weighted by molar-refractivity contribution is 6.13. The number of carbonyl (C=O) groups excluding carboxylic acids is 1. The number of carbonyl (C=O) groups is 1. The molecule has 0 amide bonds. The summed E-state index contributed by atoms with van der Waals surface area (Å²) in [5, 5.41) is 21.7. The van der Waals surface area contributed by atoms with Gasteiger partial charge in [-0.05, 0) is 79.9 Å². The third kappa shape index (κ3) is 5.15. The third-order valence-corrected chi connectivity index (χ3v) is 6.09. The first-order valence-electron chi connectivity index (χ1n) is 11.5. The van der Waals surface area contributed by atoms with Gasteiger partial charge in [-0.15, -0.1) is 0 Å². The van der Waals surface area contributed by atoms with Crippen LogP contribution in [-0.4, -0.2) is 15.6 Å². The first-order valence-corrected chi connectivity index (χ1v) is 11.5. The van der Waals surface area contributed by atoms with Gasteiger partial charge in [-0.2, -0.15) is 0 Å². The van der Waals surface area contributed by atoms with E-state index >= 15 is 0 Å². The van der Waals surface area contributed by atoms with E-state index in [0.717, 1.165) is 6.42 Å². The highest BCUT2D eigenvalue weighted by atomic mass is 16.6. The molecule has 1 aliphatic rings. The number of non-ortho nitro benzene ring substituents is 2. The normalized spacial score (nSPS) is 15.8. The van der Waals surface area contributed by atoms with Crippen molar-refractivity contribution in [3.63, 3.8) is 0 Å². The molecule has 184 valence electrons. The molecular weight excluding hydrogens is 476 g/mol. The summed E-state index contributed by atoms with van der Waals surface area (Å²) in [7, 11) is 0. The van der Waals surface area contributed by atoms with Crippen molar-refractivity contribution in [2.75, 3.05) is 0 Å². The molecule has 2 heterocycles. The van der Waals surface area contributed by atoms with Gasteiger partial charge < -0.3 is 8.83 Å². The Labute approximate surface area is 210 Å². The van der Waals surface area contributed by atoms with Crippen LogP contribution in [0.4, 0.5) is 11.4 Å². The van der Waals surface area contributed by atoms with Crippen LogP contribution in [-0.2, 0) is 4.79 Å². The molecule has 9 heteroatoms. The number of hydrogen-bond acceptors (Lipinski definition) is 7. The molecule has 1 saturated carbocycles. The van der Waals surface area contributed by atoms with E-state index in [1.807, 2.05) is 0 Å². The molecule has 9 nitrogen and oxygen atoms in total. The Morgan fingerprint density at radius 2 is 1.03 bits per heavy atom. The van der Waals surface area contributed by atoms with Crippen LogP contribution in [0.25, 0.3) is 34.8 Å². The Hall–Kier alpha value is -5.05. The monoisotopic (exact) mass is 496 g/mol. The van der Waals surface area contributed by atoms with Crippen LogP contribution >= 0.6 is 0 Å². The van der Waals surface area contributed by atoms with Crippen molar-refractivity contribution in [1.29, 1.82) is 0 Å². The average molecular weight is 496 g/mol. The maximum atomic E-state index is 13.1. The van der Waals surface area contributed by atoms with Crippen LogP contribution in [0.2, 0.25) is 0 Å². The van der Waals surface area contributed by atoms with Gasteiger partial charge in [0.1, 0.15) is 23.0 Å². The maximum absolute atomic E-state index is 13.1. The van der Waals surface area contributed by atoms with Crippen molar-refractivity contribution in [3.05, 3.63) is 116 Å². The SMILES string of the molecule is O=C1C(=Cc2ccc(-c3ccc([N+](=O)[O-])cc3)o2)CCCC1=Cc1ccc(-c2ccc([N+](=O)[O-])cc2)o1. The number of allylic oxidation sites excluding steroid dienone is 2. The zero-order chi connectivity index (χ0) is 25.9. The van der Waals surface area contributed by atoms with E-state index < -0.39 is 9.85 Å². The fourth-order valence-electron chi connectivity index (χ4n) is 4.19. The van der Waals surface area contributed by atoms with E-state index in [1.165, 1.54) is 24.3 Å². The molecule has 0 aliphatic heterocycles. The van der Waals surface area contributed by atoms with E-state index in [9.17, 15) is 25.0 Å². The summed E-state index contributed by atoms with van der Waals surface area (Å²) in [5.41, 5.74) is 2.66. The van der Waals surface area contributed by atoms with Crippen molar-refractivity contribution in [2.45, 2.75) is 19.3 Å². The fraction of sp³-hybridized carbons (Fsp3) is 0.107. The second-order valence-electron chi connectivity index (χ2n) is 8.53. The quantitative estimate of drug-likeness (QED) is 0.156. The molecule has 2 aromatic heterocycles. The molecule has 1 fully saturated rings. The van der Waals surface area contributed by atoms with E-state index in [1.54, 1.807) is 60.7 Å². The Kier molecular flexibility index (Phi) is 6.34. The molecule has 0 spiro atoms. The van der Waals surface area contributed by atoms with Gasteiger partial charge >= 0.3 is 0 Å². The summed E-state index contributed by atoms with van der Waals surface area (Å²) in [6.45, 7) is 0. The topological polar surface area (TPSA) is 130 Å². The number of furan rings is 2. The molecule has 1 aliphatic carbocycles. The second-order valence-corrected chi connectivity index (χ2v) is 8.53. The van der Waals surface area contributed by atoms with Gasteiger partial charge in [0.05, 0.1) is 9.85 Å². The van der Waals surface area contributed by atoms with Crippen LogP contribution in [0.15, 0.2) is 92.8 Å². The molecule has 37 heavy (non-hydrogen) atoms. The third-order valence-electron chi connectivity index (χ3n) is 6.09. The molecule has 0 bridgehead atoms. The van der Waals surface area contributed by atoms with E-state index in [2.05, 4.69) is 0 Å². The Morgan fingerprint density at radius 3 is 1.41 bits per heavy atom. The second kappa shape index (κ2) is 9.90. The smallest absolute Gasteiger partial charge is 0.269 e. The number of Topliss-reactive ketones (excluding diaryl/α,β-unsaturated/α-hetero) is 1. The van der Waals surface area contributed by atoms with Gasteiger partial charge in [0.15, 0.2) is 5.78 Å². The minimum absolute atomic E-state index is 0.00110. The summed E-state index contributed by atoms with van der Waals surface area (Å²) in [6, 6.07) is 19.2. The van der Waals surface area contributed by atoms with Gasteiger partial charge in [0, 0.05) is 46.5 Å². The molecule has 0 unspecified atom stereocenters. The first-order chi connectivity index (χ1) is 17.9. The number of nitro groups is 2. The highest BCUT2D eigenvalue weighted by Crippen LogP contribution is 2.32. The van der Waals surface area contributed by atoms with Gasteiger partial charge in [0.25, 0.3) is 11.4 Å². The lowest BCUT2D eigenvalue weighted by molar-refractivity contribution is -0.385. The van der Waals surface area contributed by atoms with Crippen LogP contribution < -0.4 is 0 Å². The van der Waals surface area contributed by atoms with E-state index in [-0.39, 0.29) is 17.2 Å². The summed E-state index contributed by atoms with van der Waals surface area (Å²) >= 11 is 0. The summed E-state index contributed by atoms with van der Waals surface area (Å²) in [6.07, 6.45) is 5.50. The average Bonchev–Trinajstić information content (AvgIpc) is 3.56. The number of rotatable bonds is 6. The van der Waals surface area contributed by atoms with Crippen molar-refractivity contribution < 1.29 is 23.5 Å². The van der Waals surface area contributed by atoms with Gasteiger partial charge in [0.2, 0.25) is 0 Å². The Morgan fingerprint density at radius 1 is 0.622 bits per heavy atom. The van der Waals surface area contributed by atoms with Gasteiger partial charge in [-0.3, -0.25) is 25.0 Å². The molecular formula is C28H20N2O7. The Balaban J connectivity index is 1.32. The van der Waals surface area contributed by atoms with Gasteiger partial charge in [-0.1, -0.05) is 0 Å². The molecule has 0 atom stereocenters. The summed E-state index contributed by atoms with van der Waals surface area (Å²) in [4.78, 5) is 33.9. The van der Waals surface area contributed by atoms with Crippen LogP contribution in [0, 0.1) is 20.2 Å². The van der Waals surface area contributed by atoms with Crippen LogP contribution in [0.5, 0.6) is 0 Å². The molecule has 2 aromatic carbocycles. The predicted molar refractivity (Wildman–Crippen MR) is 136 cm³/mol. The number of nitrogens with zero attached hydrogens (tertiary/aromatic N) is 2. The lowest BCUT2D eigenvalue weighted by Crippen LogP contribution is -2.12. The predicted octanol–water partition coefficient (Wildman–Crippen LogP) is 7.24. The minimum atomic E-state index is -0.458. The van der Waals surface area contributed by atoms with Crippen molar-refractivity contribution >= 4 is 29.3 Å². The van der Waals surface area contributed by atoms with E-state index in [4.69, 9.17) is 8.83 Å². The number of ketones is 1. The molecule has 0 N–H and O–H groups in total. The summed E-state index contributed by atoms with van der Waals surface area (Å²) in [5.74, 6) is 2.07. The lowest BCUT2D eigenvalue weighted by Gasteiger charge is -2.15. The standard InChI is InChI=1S/C28H20N2O7/c31-28-20(16-24-12-14-26(36-24)18-4-8-22(9-5-18)29(32)33)2-1-3-21(28)17-25-13-15-27(37-25)19-6-10-23(11-7-19)30(34)35/h4-17H,1-3H2. The van der Waals surface area contributed by atoms with Crippen LogP contribution in [0.3, 0.4) is 0 Å². The first kappa shape index (κ1) is 23.7. The number of hydrogen-bond donors (Lipinski definition) is 0. The van der Waals surface area contributed by atoms with Crippen molar-refractivity contribution in [2.24, 2.45) is 0 Å². The van der Waals surface area contributed by atoms with E-state index in [0.29, 0.717) is 58.2 Å². The molecule has 0 saturated heterocycles. The zero-order valence-electron chi connectivity index (χ0n) is 19.5. The number of nitro benzene ring substituents is 2. The molecule has 0 radical (unpaired) electrons. The zero-order valence-corrected chi connectivity index (χ0v) is 19.5. The van der Waals surface area contributed by atoms with Gasteiger partial charge in [-0.25, -0.2) is 0 Å². The minimum Gasteiger partial charge on any atom is -0.457 e. The van der Waals surface area contributed by atoms with Crippen LogP contribution in [0.1, 0.15) is 30.8 Å². The fourth-order valence-corrected chi connectivity index (χ4v) is 4.19. The largest absolute Gasteiger partial charge is 0.457 e. The lowest BCUT2D eigenvalue weighted by atomic mass is 9.88. The molecule has 4 aromatic rings. The highest BCUT2D eigenvalue weighted by Gasteiger charge is 2.22. The summed E-state index contributed by atoms with van der Waals surface area (Å²) < 4.78 is 11.7. The maximum Gasteiger partial charge on any atom is 0.269 e. The molecule has 5 rings (SSSR count).